The number of benzene rings is 2. The molecule has 14 heteroatoms. The third-order valence-corrected chi connectivity index (χ3v) is 11.8. The molecule has 0 bridgehead atoms. The molecule has 0 spiro atoms. The van der Waals surface area contributed by atoms with Gasteiger partial charge >= 0.3 is 5.97 Å². The minimum absolute atomic E-state index is 0.0612. The fourth-order valence-electron chi connectivity index (χ4n) is 8.26. The highest BCUT2D eigenvalue weighted by atomic mass is 16.6. The van der Waals surface area contributed by atoms with Crippen LogP contribution >= 0.6 is 0 Å². The van der Waals surface area contributed by atoms with Gasteiger partial charge in [0.1, 0.15) is 18.1 Å². The Morgan fingerprint density at radius 3 is 1.62 bits per heavy atom. The molecule has 328 valence electrons. The van der Waals surface area contributed by atoms with Gasteiger partial charge in [0.05, 0.1) is 69.0 Å². The predicted octanol–water partition coefficient (Wildman–Crippen LogP) is 7.40. The van der Waals surface area contributed by atoms with Crippen molar-refractivity contribution in [2.75, 3.05) is 67.9 Å². The van der Waals surface area contributed by atoms with Gasteiger partial charge in [0.15, 0.2) is 23.0 Å². The van der Waals surface area contributed by atoms with E-state index in [0.29, 0.717) is 35.8 Å². The minimum Gasteiger partial charge on any atom is -0.493 e. The molecule has 60 heavy (non-hydrogen) atoms. The van der Waals surface area contributed by atoms with Crippen molar-refractivity contribution < 1.29 is 42.7 Å². The monoisotopic (exact) mass is 831 g/mol. The summed E-state index contributed by atoms with van der Waals surface area (Å²) in [7, 11) is 6.70. The highest BCUT2D eigenvalue weighted by Gasteiger charge is 2.39. The lowest BCUT2D eigenvalue weighted by Crippen LogP contribution is -2.40. The van der Waals surface area contributed by atoms with Gasteiger partial charge in [-0.05, 0) is 66.5 Å². The average molecular weight is 832 g/mol. The van der Waals surface area contributed by atoms with E-state index < -0.39 is 23.1 Å². The van der Waals surface area contributed by atoms with Gasteiger partial charge in [0.25, 0.3) is 0 Å². The minimum atomic E-state index is -0.809. The van der Waals surface area contributed by atoms with Crippen LogP contribution in [-0.4, -0.2) is 119 Å². The van der Waals surface area contributed by atoms with E-state index in [4.69, 9.17) is 53.6 Å². The van der Waals surface area contributed by atoms with E-state index in [1.54, 1.807) is 28.4 Å². The van der Waals surface area contributed by atoms with E-state index in [1.807, 2.05) is 64.4 Å². The quantitative estimate of drug-likeness (QED) is 0.125. The van der Waals surface area contributed by atoms with Crippen LogP contribution in [0.25, 0.3) is 0 Å². The summed E-state index contributed by atoms with van der Waals surface area (Å²) in [6, 6.07) is 8.00. The number of allylic oxidation sites excluding steroid dienone is 2. The molecule has 14 nitrogen and oxygen atoms in total. The third kappa shape index (κ3) is 10.2. The number of fused-ring (bicyclic) bond motifs is 4. The lowest BCUT2D eigenvalue weighted by atomic mass is 9.98. The predicted molar refractivity (Wildman–Crippen MR) is 232 cm³/mol. The standard InChI is InChI=1S/C46H65N5O9/c1-11-29-17-32-24-48-36-21-40(38(53-7)19-34(36)42(55-9)50(32)26-29)57-15-13-46(6,59-28-31(23-47)44(52)60-45(3,4)5)14-16-58-41-22-37-35(20-39(41)54-8)43(56-10)51-27-30(12-2)18-33(51)25-49-37/h11-12,19-22,24-25,31-33,42-43H,13-18,23,26-28,47H2,1-10H3/b29-11+,30-12+/t31?,32-,33-,42?,43?,46?/m0/s1. The Labute approximate surface area is 355 Å². The fourth-order valence-corrected chi connectivity index (χ4v) is 8.26. The smallest absolute Gasteiger partial charge is 0.313 e. The van der Waals surface area contributed by atoms with Crippen molar-refractivity contribution >= 4 is 29.8 Å². The topological polar surface area (TPSA) is 148 Å². The van der Waals surface area contributed by atoms with Crippen molar-refractivity contribution in [2.45, 2.75) is 103 Å². The first kappa shape index (κ1) is 45.2. The van der Waals surface area contributed by atoms with Crippen molar-refractivity contribution in [3.8, 4) is 23.0 Å². The molecular weight excluding hydrogens is 767 g/mol. The number of ether oxygens (including phenoxy) is 8. The molecule has 2 saturated heterocycles. The number of esters is 1. The maximum absolute atomic E-state index is 13.1. The number of hydrogen-bond acceptors (Lipinski definition) is 14. The first-order valence-corrected chi connectivity index (χ1v) is 21.0. The molecule has 0 radical (unpaired) electrons. The number of carbonyl (C=O) groups is 1. The number of nitrogens with two attached hydrogens (primary N) is 1. The first-order chi connectivity index (χ1) is 28.8. The zero-order chi connectivity index (χ0) is 43.2. The van der Waals surface area contributed by atoms with E-state index in [-0.39, 0.29) is 50.9 Å². The number of rotatable bonds is 17. The third-order valence-electron chi connectivity index (χ3n) is 11.8. The van der Waals surface area contributed by atoms with Crippen LogP contribution in [0.2, 0.25) is 0 Å². The normalized spacial score (nSPS) is 24.2. The Morgan fingerprint density at radius 2 is 1.23 bits per heavy atom. The van der Waals surface area contributed by atoms with Gasteiger partial charge in [-0.15, -0.1) is 0 Å². The molecule has 5 atom stereocenters. The average Bonchev–Trinajstić information content (AvgIpc) is 3.76. The van der Waals surface area contributed by atoms with Gasteiger partial charge in [0, 0.05) is 82.4 Å². The van der Waals surface area contributed by atoms with E-state index in [2.05, 4.69) is 35.8 Å². The van der Waals surface area contributed by atoms with Crippen LogP contribution in [0, 0.1) is 5.92 Å². The molecule has 0 amide bonds. The summed E-state index contributed by atoms with van der Waals surface area (Å²) in [4.78, 5) is 27.5. The summed E-state index contributed by atoms with van der Waals surface area (Å²) in [6.07, 6.45) is 10.5. The number of carbonyl (C=O) groups excluding carboxylic acids is 1. The zero-order valence-electron chi connectivity index (χ0n) is 37.1. The molecule has 2 fully saturated rings. The highest BCUT2D eigenvalue weighted by molar-refractivity contribution is 5.76. The van der Waals surface area contributed by atoms with E-state index in [0.717, 1.165) is 48.4 Å². The molecule has 0 aliphatic carbocycles. The highest BCUT2D eigenvalue weighted by Crippen LogP contribution is 2.46. The molecule has 2 aromatic carbocycles. The van der Waals surface area contributed by atoms with E-state index in [1.165, 1.54) is 11.1 Å². The summed E-state index contributed by atoms with van der Waals surface area (Å²) in [6.45, 7) is 13.9. The number of aliphatic imine (C=N–C) groups is 2. The van der Waals surface area contributed by atoms with Gasteiger partial charge in [0.2, 0.25) is 0 Å². The molecular formula is C46H65N5O9. The van der Waals surface area contributed by atoms with Crippen LogP contribution in [0.4, 0.5) is 11.4 Å². The molecule has 0 aromatic heterocycles. The van der Waals surface area contributed by atoms with Gasteiger partial charge in [-0.1, -0.05) is 23.3 Å². The van der Waals surface area contributed by atoms with Crippen LogP contribution in [-0.2, 0) is 23.7 Å². The Hall–Kier alpha value is -4.31. The van der Waals surface area contributed by atoms with Crippen LogP contribution in [0.15, 0.2) is 57.5 Å². The van der Waals surface area contributed by atoms with Gasteiger partial charge in [-0.25, -0.2) is 0 Å². The largest absolute Gasteiger partial charge is 0.493 e. The molecule has 4 heterocycles. The molecule has 4 aliphatic rings. The Morgan fingerprint density at radius 1 is 0.767 bits per heavy atom. The van der Waals surface area contributed by atoms with Gasteiger partial charge in [-0.2, -0.15) is 0 Å². The Bertz CT molecular complexity index is 1840. The van der Waals surface area contributed by atoms with Crippen LogP contribution in [0.3, 0.4) is 0 Å². The summed E-state index contributed by atoms with van der Waals surface area (Å²) < 4.78 is 49.0. The Balaban J connectivity index is 1.20. The molecule has 0 saturated carbocycles. The number of methoxy groups -OCH3 is 4. The molecule has 3 unspecified atom stereocenters. The molecule has 4 aliphatic heterocycles. The number of nitrogens with zero attached hydrogens (tertiary/aromatic N) is 4. The Kier molecular flexibility index (Phi) is 14.8. The summed E-state index contributed by atoms with van der Waals surface area (Å²) >= 11 is 0. The second kappa shape index (κ2) is 19.6. The lowest BCUT2D eigenvalue weighted by Gasteiger charge is -2.32. The molecule has 2 N–H and O–H groups in total. The second-order valence-corrected chi connectivity index (χ2v) is 17.1. The van der Waals surface area contributed by atoms with Gasteiger partial charge < -0.3 is 43.6 Å². The summed E-state index contributed by atoms with van der Waals surface area (Å²) in [5.41, 5.74) is 10.7. The van der Waals surface area contributed by atoms with Crippen molar-refractivity contribution in [3.63, 3.8) is 0 Å². The van der Waals surface area contributed by atoms with Gasteiger partial charge in [-0.3, -0.25) is 24.6 Å². The SMILES string of the molecule is C/C=C1\C[C@H]2C=Nc3cc(OCCC(C)(CCOc4cc5c(cc4OC)C(OC)N4C/C(=C/C)C[C@H]4C=N5)OCC(CN)C(=O)OC(C)(C)C)c(OC)cc3C(OC)N2C1. The number of hydrogen-bond donors (Lipinski definition) is 1. The lowest BCUT2D eigenvalue weighted by molar-refractivity contribution is -0.164. The van der Waals surface area contributed by atoms with Crippen molar-refractivity contribution in [3.05, 3.63) is 58.7 Å². The molecule has 2 aromatic rings. The van der Waals surface area contributed by atoms with Crippen LogP contribution < -0.4 is 24.7 Å². The maximum Gasteiger partial charge on any atom is 0.313 e. The summed E-state index contributed by atoms with van der Waals surface area (Å²) in [5.74, 6) is 1.20. The first-order valence-electron chi connectivity index (χ1n) is 21.0. The van der Waals surface area contributed by atoms with E-state index in [9.17, 15) is 4.79 Å². The maximum atomic E-state index is 13.1. The van der Waals surface area contributed by atoms with Crippen LogP contribution in [0.1, 0.15) is 90.8 Å². The van der Waals surface area contributed by atoms with Crippen molar-refractivity contribution in [2.24, 2.45) is 21.6 Å². The van der Waals surface area contributed by atoms with Crippen molar-refractivity contribution in [1.82, 2.24) is 9.80 Å². The van der Waals surface area contributed by atoms with Crippen molar-refractivity contribution in [1.29, 1.82) is 0 Å². The van der Waals surface area contributed by atoms with E-state index >= 15 is 0 Å². The van der Waals surface area contributed by atoms with Crippen LogP contribution in [0.5, 0.6) is 23.0 Å². The zero-order valence-corrected chi connectivity index (χ0v) is 37.1. The molecule has 6 rings (SSSR count). The second-order valence-electron chi connectivity index (χ2n) is 17.1. The summed E-state index contributed by atoms with van der Waals surface area (Å²) in [5, 5.41) is 0. The fraction of sp³-hybridized carbons (Fsp3) is 0.587.